The van der Waals surface area contributed by atoms with Crippen LogP contribution in [0.4, 0.5) is 0 Å². The second kappa shape index (κ2) is 6.92. The largest absolute Gasteiger partial charge is 0.508 e. The van der Waals surface area contributed by atoms with Gasteiger partial charge in [-0.15, -0.1) is 0 Å². The molecule has 4 heteroatoms. The monoisotopic (exact) mass is 313 g/mol. The predicted molar refractivity (Wildman–Crippen MR) is 90.5 cm³/mol. The van der Waals surface area contributed by atoms with Gasteiger partial charge >= 0.3 is 0 Å². The van der Waals surface area contributed by atoms with E-state index in [4.69, 9.17) is 9.47 Å². The van der Waals surface area contributed by atoms with E-state index in [0.717, 1.165) is 49.4 Å². The van der Waals surface area contributed by atoms with Gasteiger partial charge in [0.05, 0.1) is 14.2 Å². The summed E-state index contributed by atoms with van der Waals surface area (Å²) in [4.78, 5) is 0. The number of aryl methyl sites for hydroxylation is 2. The molecule has 1 aliphatic heterocycles. The van der Waals surface area contributed by atoms with Crippen molar-refractivity contribution >= 4 is 0 Å². The first kappa shape index (κ1) is 15.7. The fourth-order valence-electron chi connectivity index (χ4n) is 3.25. The minimum Gasteiger partial charge on any atom is -0.508 e. The molecule has 0 unspecified atom stereocenters. The number of hydrogen-bond acceptors (Lipinski definition) is 4. The molecule has 0 spiro atoms. The van der Waals surface area contributed by atoms with Crippen molar-refractivity contribution in [3.05, 3.63) is 52.6 Å². The third-order valence-electron chi connectivity index (χ3n) is 4.47. The average Bonchev–Trinajstić information content (AvgIpc) is 2.58. The molecule has 1 aliphatic rings. The maximum atomic E-state index is 9.77. The third-order valence-corrected chi connectivity index (χ3v) is 4.47. The second-order valence-electron chi connectivity index (χ2n) is 5.82. The van der Waals surface area contributed by atoms with Gasteiger partial charge in [-0.25, -0.2) is 0 Å². The van der Waals surface area contributed by atoms with Gasteiger partial charge in [-0.05, 0) is 60.7 Å². The third kappa shape index (κ3) is 3.27. The molecule has 0 saturated heterocycles. The highest BCUT2D eigenvalue weighted by atomic mass is 16.5. The molecule has 1 heterocycles. The van der Waals surface area contributed by atoms with Crippen molar-refractivity contribution in [2.24, 2.45) is 0 Å². The number of phenols is 1. The maximum Gasteiger partial charge on any atom is 0.165 e. The van der Waals surface area contributed by atoms with Gasteiger partial charge in [0.2, 0.25) is 0 Å². The van der Waals surface area contributed by atoms with E-state index in [1.807, 2.05) is 18.2 Å². The molecule has 0 radical (unpaired) electrons. The summed E-state index contributed by atoms with van der Waals surface area (Å²) in [6.07, 6.45) is 2.78. The first-order chi connectivity index (χ1) is 11.2. The van der Waals surface area contributed by atoms with E-state index in [1.165, 1.54) is 16.7 Å². The molecule has 0 saturated carbocycles. The summed E-state index contributed by atoms with van der Waals surface area (Å²) in [5.41, 5.74) is 4.94. The van der Waals surface area contributed by atoms with Crippen molar-refractivity contribution < 1.29 is 14.6 Å². The van der Waals surface area contributed by atoms with Crippen LogP contribution in [0.15, 0.2) is 30.3 Å². The van der Waals surface area contributed by atoms with E-state index in [9.17, 15) is 5.11 Å². The van der Waals surface area contributed by atoms with Crippen LogP contribution in [0.5, 0.6) is 17.2 Å². The first-order valence-electron chi connectivity index (χ1n) is 7.97. The molecule has 3 rings (SSSR count). The molecule has 0 atom stereocenters. The summed E-state index contributed by atoms with van der Waals surface area (Å²) in [7, 11) is 3.35. The van der Waals surface area contributed by atoms with Crippen LogP contribution < -0.4 is 14.8 Å². The zero-order chi connectivity index (χ0) is 16.2. The summed E-state index contributed by atoms with van der Waals surface area (Å²) in [6, 6.07) is 9.77. The molecule has 23 heavy (non-hydrogen) atoms. The fraction of sp³-hybridized carbons (Fsp3) is 0.368. The van der Waals surface area contributed by atoms with E-state index in [-0.39, 0.29) is 0 Å². The Labute approximate surface area is 137 Å². The van der Waals surface area contributed by atoms with Gasteiger partial charge in [-0.2, -0.15) is 0 Å². The van der Waals surface area contributed by atoms with Crippen LogP contribution in [-0.4, -0.2) is 25.9 Å². The lowest BCUT2D eigenvalue weighted by molar-refractivity contribution is 0.350. The minimum atomic E-state index is 0.335. The normalized spacial score (nSPS) is 14.5. The lowest BCUT2D eigenvalue weighted by Gasteiger charge is -2.20. The minimum absolute atomic E-state index is 0.335. The van der Waals surface area contributed by atoms with Gasteiger partial charge < -0.3 is 19.9 Å². The molecule has 2 aromatic carbocycles. The first-order valence-corrected chi connectivity index (χ1v) is 7.97. The molecule has 2 aromatic rings. The van der Waals surface area contributed by atoms with Crippen LogP contribution in [0.2, 0.25) is 0 Å². The van der Waals surface area contributed by atoms with Crippen LogP contribution in [0.3, 0.4) is 0 Å². The quantitative estimate of drug-likeness (QED) is 0.895. The van der Waals surface area contributed by atoms with Crippen molar-refractivity contribution in [2.45, 2.75) is 25.8 Å². The zero-order valence-corrected chi connectivity index (χ0v) is 13.7. The second-order valence-corrected chi connectivity index (χ2v) is 5.82. The molecule has 0 aromatic heterocycles. The van der Waals surface area contributed by atoms with Gasteiger partial charge in [-0.1, -0.05) is 12.1 Å². The van der Waals surface area contributed by atoms with Gasteiger partial charge in [0.25, 0.3) is 0 Å². The Kier molecular flexibility index (Phi) is 4.72. The van der Waals surface area contributed by atoms with Gasteiger partial charge in [-0.3, -0.25) is 0 Å². The summed E-state index contributed by atoms with van der Waals surface area (Å²) in [6.45, 7) is 1.65. The summed E-state index contributed by atoms with van der Waals surface area (Å²) < 4.78 is 11.0. The molecule has 4 nitrogen and oxygen atoms in total. The number of methoxy groups -OCH3 is 2. The summed E-state index contributed by atoms with van der Waals surface area (Å²) in [5.74, 6) is 1.92. The van der Waals surface area contributed by atoms with E-state index in [0.29, 0.717) is 5.75 Å². The highest BCUT2D eigenvalue weighted by Crippen LogP contribution is 2.34. The Morgan fingerprint density at radius 2 is 1.70 bits per heavy atom. The molecule has 0 fully saturated rings. The van der Waals surface area contributed by atoms with Crippen LogP contribution in [0.1, 0.15) is 22.3 Å². The highest BCUT2D eigenvalue weighted by molar-refractivity contribution is 5.51. The number of benzene rings is 2. The molecule has 0 bridgehead atoms. The average molecular weight is 313 g/mol. The number of fused-ring (bicyclic) bond motifs is 2. The van der Waals surface area contributed by atoms with Gasteiger partial charge in [0.1, 0.15) is 5.75 Å². The molecule has 2 N–H and O–H groups in total. The molecule has 0 aliphatic carbocycles. The Hall–Kier alpha value is -2.20. The lowest BCUT2D eigenvalue weighted by Crippen LogP contribution is -2.20. The van der Waals surface area contributed by atoms with E-state index in [2.05, 4.69) is 11.4 Å². The number of nitrogens with one attached hydrogen (secondary N) is 1. The highest BCUT2D eigenvalue weighted by Gasteiger charge is 2.16. The SMILES string of the molecule is COc1ccc2c(c1OC)CNCCc1ccc(O)cc1CC2. The molecular formula is C19H23NO3. The van der Waals surface area contributed by atoms with Crippen molar-refractivity contribution in [1.82, 2.24) is 5.32 Å². The van der Waals surface area contributed by atoms with E-state index < -0.39 is 0 Å². The van der Waals surface area contributed by atoms with Crippen molar-refractivity contribution in [2.75, 3.05) is 20.8 Å². The van der Waals surface area contributed by atoms with Crippen molar-refractivity contribution in [1.29, 1.82) is 0 Å². The Morgan fingerprint density at radius 1 is 0.913 bits per heavy atom. The fourth-order valence-corrected chi connectivity index (χ4v) is 3.25. The number of aromatic hydroxyl groups is 1. The Balaban J connectivity index is 1.98. The maximum absolute atomic E-state index is 9.77. The standard InChI is InChI=1S/C19H23NO3/c1-22-18-8-6-14-3-4-15-11-16(21)7-5-13(15)9-10-20-12-17(14)19(18)23-2/h5-8,11,20-21H,3-4,9-10,12H2,1-2H3. The Bertz CT molecular complexity index is 697. The smallest absolute Gasteiger partial charge is 0.165 e. The Morgan fingerprint density at radius 3 is 2.48 bits per heavy atom. The van der Waals surface area contributed by atoms with Gasteiger partial charge in [0.15, 0.2) is 11.5 Å². The van der Waals surface area contributed by atoms with Crippen molar-refractivity contribution in [3.63, 3.8) is 0 Å². The number of hydrogen-bond donors (Lipinski definition) is 2. The number of ether oxygens (including phenoxy) is 2. The molecular weight excluding hydrogens is 290 g/mol. The molecule has 0 amide bonds. The molecule has 122 valence electrons. The van der Waals surface area contributed by atoms with Crippen LogP contribution in [0, 0.1) is 0 Å². The van der Waals surface area contributed by atoms with E-state index >= 15 is 0 Å². The number of phenolic OH excluding ortho intramolecular Hbond substituents is 1. The van der Waals surface area contributed by atoms with Crippen molar-refractivity contribution in [3.8, 4) is 17.2 Å². The summed E-state index contributed by atoms with van der Waals surface area (Å²) >= 11 is 0. The van der Waals surface area contributed by atoms with Crippen LogP contribution >= 0.6 is 0 Å². The van der Waals surface area contributed by atoms with Crippen LogP contribution in [0.25, 0.3) is 0 Å². The predicted octanol–water partition coefficient (Wildman–Crippen LogP) is 2.84. The summed E-state index contributed by atoms with van der Waals surface area (Å²) in [5, 5.41) is 13.3. The van der Waals surface area contributed by atoms with Crippen LogP contribution in [-0.2, 0) is 25.8 Å². The zero-order valence-electron chi connectivity index (χ0n) is 13.7. The van der Waals surface area contributed by atoms with E-state index in [1.54, 1.807) is 20.3 Å². The topological polar surface area (TPSA) is 50.7 Å². The van der Waals surface area contributed by atoms with Gasteiger partial charge in [0, 0.05) is 12.1 Å². The number of rotatable bonds is 2. The lowest BCUT2D eigenvalue weighted by atomic mass is 9.94.